The molecule has 4 rings (SSSR count). The van der Waals surface area contributed by atoms with Crippen LogP contribution < -0.4 is 0 Å². The van der Waals surface area contributed by atoms with Crippen molar-refractivity contribution in [3.8, 4) is 0 Å². The summed E-state index contributed by atoms with van der Waals surface area (Å²) in [6.45, 7) is 2.51. The number of ketones is 1. The highest BCUT2D eigenvalue weighted by molar-refractivity contribution is 6.08. The molecule has 2 heterocycles. The number of benzene rings is 2. The van der Waals surface area contributed by atoms with Crippen molar-refractivity contribution in [1.29, 1.82) is 0 Å². The lowest BCUT2D eigenvalue weighted by atomic mass is 10.1. The van der Waals surface area contributed by atoms with E-state index in [4.69, 9.17) is 0 Å². The van der Waals surface area contributed by atoms with Crippen molar-refractivity contribution in [3.63, 3.8) is 0 Å². The number of aryl methyl sites for hydroxylation is 1. The van der Waals surface area contributed by atoms with Gasteiger partial charge in [-0.3, -0.25) is 4.79 Å². The topological polar surface area (TPSA) is 37.8 Å². The van der Waals surface area contributed by atoms with E-state index in [0.717, 1.165) is 28.4 Å². The fraction of sp³-hybridized carbons (Fsp3) is 0.150. The van der Waals surface area contributed by atoms with Crippen LogP contribution in [0.1, 0.15) is 22.8 Å². The van der Waals surface area contributed by atoms with E-state index in [0.29, 0.717) is 6.54 Å². The molecule has 4 aromatic rings. The number of nitrogens with zero attached hydrogens (tertiary/aromatic N) is 1. The highest BCUT2D eigenvalue weighted by Gasteiger charge is 2.13. The van der Waals surface area contributed by atoms with Gasteiger partial charge in [0.2, 0.25) is 0 Å². The summed E-state index contributed by atoms with van der Waals surface area (Å²) in [4.78, 5) is 15.9. The lowest BCUT2D eigenvalue weighted by Gasteiger charge is -2.05. The second-order valence-electron chi connectivity index (χ2n) is 5.86. The van der Waals surface area contributed by atoms with Crippen LogP contribution in [0.15, 0.2) is 60.9 Å². The van der Waals surface area contributed by atoms with E-state index in [9.17, 15) is 4.79 Å². The van der Waals surface area contributed by atoms with Gasteiger partial charge in [-0.1, -0.05) is 31.2 Å². The predicted octanol–water partition coefficient (Wildman–Crippen LogP) is 4.57. The molecule has 23 heavy (non-hydrogen) atoms. The Hall–Kier alpha value is -2.81. The first-order valence-corrected chi connectivity index (χ1v) is 7.93. The number of para-hydroxylation sites is 1. The molecular weight excluding hydrogens is 284 g/mol. The molecule has 0 spiro atoms. The molecule has 3 nitrogen and oxygen atoms in total. The van der Waals surface area contributed by atoms with E-state index in [-0.39, 0.29) is 5.78 Å². The minimum atomic E-state index is 0.125. The van der Waals surface area contributed by atoms with Crippen molar-refractivity contribution >= 4 is 27.6 Å². The Morgan fingerprint density at radius 3 is 2.87 bits per heavy atom. The maximum Gasteiger partial charge on any atom is 0.184 e. The minimum Gasteiger partial charge on any atom is -0.360 e. The molecule has 0 fully saturated rings. The molecule has 0 aliphatic carbocycles. The number of hydrogen-bond acceptors (Lipinski definition) is 1. The van der Waals surface area contributed by atoms with Crippen molar-refractivity contribution in [3.05, 3.63) is 72.1 Å². The van der Waals surface area contributed by atoms with Crippen LogP contribution in [-0.4, -0.2) is 15.3 Å². The molecule has 2 aromatic carbocycles. The largest absolute Gasteiger partial charge is 0.360 e. The quantitative estimate of drug-likeness (QED) is 0.551. The molecule has 0 unspecified atom stereocenters. The van der Waals surface area contributed by atoms with Crippen molar-refractivity contribution in [2.75, 3.05) is 0 Å². The average molecular weight is 302 g/mol. The summed E-state index contributed by atoms with van der Waals surface area (Å²) < 4.78 is 2.03. The van der Waals surface area contributed by atoms with E-state index in [1.807, 2.05) is 41.2 Å². The third-order valence-electron chi connectivity index (χ3n) is 4.45. The number of H-pyrrole nitrogens is 1. The molecule has 0 bridgehead atoms. The molecule has 0 aliphatic heterocycles. The van der Waals surface area contributed by atoms with Crippen LogP contribution in [0.3, 0.4) is 0 Å². The predicted molar refractivity (Wildman–Crippen MR) is 93.9 cm³/mol. The lowest BCUT2D eigenvalue weighted by Crippen LogP contribution is -2.09. The van der Waals surface area contributed by atoms with Crippen molar-refractivity contribution in [2.24, 2.45) is 0 Å². The maximum absolute atomic E-state index is 12.7. The lowest BCUT2D eigenvalue weighted by molar-refractivity contribution is 0.0975. The van der Waals surface area contributed by atoms with Crippen molar-refractivity contribution in [1.82, 2.24) is 9.55 Å². The first-order chi connectivity index (χ1) is 11.3. The summed E-state index contributed by atoms with van der Waals surface area (Å²) in [5, 5.41) is 2.18. The van der Waals surface area contributed by atoms with Gasteiger partial charge in [-0.25, -0.2) is 0 Å². The van der Waals surface area contributed by atoms with Crippen LogP contribution in [0.5, 0.6) is 0 Å². The zero-order valence-corrected chi connectivity index (χ0v) is 13.0. The zero-order chi connectivity index (χ0) is 15.8. The molecule has 0 saturated carbocycles. The molecule has 114 valence electrons. The van der Waals surface area contributed by atoms with Crippen LogP contribution in [0, 0.1) is 0 Å². The van der Waals surface area contributed by atoms with Gasteiger partial charge in [0.05, 0.1) is 6.54 Å². The third-order valence-corrected chi connectivity index (χ3v) is 4.45. The number of fused-ring (bicyclic) bond motifs is 2. The molecule has 1 N–H and O–H groups in total. The number of rotatable bonds is 4. The van der Waals surface area contributed by atoms with Crippen LogP contribution >= 0.6 is 0 Å². The second kappa shape index (κ2) is 5.43. The highest BCUT2D eigenvalue weighted by Crippen LogP contribution is 2.21. The number of nitrogens with one attached hydrogen (secondary N) is 1. The van der Waals surface area contributed by atoms with Gasteiger partial charge in [0.15, 0.2) is 5.78 Å². The SMILES string of the molecule is CCc1ccc2c(ccn2CC(=O)c2c[nH]c3ccccc23)c1. The van der Waals surface area contributed by atoms with Gasteiger partial charge >= 0.3 is 0 Å². The Morgan fingerprint density at radius 2 is 2.00 bits per heavy atom. The van der Waals surface area contributed by atoms with Gasteiger partial charge in [-0.05, 0) is 41.6 Å². The first kappa shape index (κ1) is 13.8. The maximum atomic E-state index is 12.7. The number of aromatic nitrogens is 2. The molecule has 0 saturated heterocycles. The average Bonchev–Trinajstić information content (AvgIpc) is 3.18. The Balaban J connectivity index is 1.69. The Labute approximate surface area is 134 Å². The summed E-state index contributed by atoms with van der Waals surface area (Å²) in [5.41, 5.74) is 4.18. The monoisotopic (exact) mass is 302 g/mol. The highest BCUT2D eigenvalue weighted by atomic mass is 16.1. The second-order valence-corrected chi connectivity index (χ2v) is 5.86. The standard InChI is InChI=1S/C20H18N2O/c1-2-14-7-8-19-15(11-14)9-10-22(19)13-20(23)17-12-21-18-6-4-3-5-16(17)18/h3-12,21H,2,13H2,1H3. The molecule has 2 aromatic heterocycles. The molecular formula is C20H18N2O. The summed E-state index contributed by atoms with van der Waals surface area (Å²) in [6, 6.07) is 16.4. The molecule has 0 atom stereocenters. The third kappa shape index (κ3) is 2.34. The summed E-state index contributed by atoms with van der Waals surface area (Å²) in [7, 11) is 0. The van der Waals surface area contributed by atoms with Crippen LogP contribution in [0.25, 0.3) is 21.8 Å². The van der Waals surface area contributed by atoms with E-state index < -0.39 is 0 Å². The van der Waals surface area contributed by atoms with Gasteiger partial charge in [0, 0.05) is 34.4 Å². The number of aromatic amines is 1. The van der Waals surface area contributed by atoms with E-state index in [2.05, 4.69) is 36.2 Å². The Kier molecular flexibility index (Phi) is 3.27. The van der Waals surface area contributed by atoms with Gasteiger partial charge in [0.25, 0.3) is 0 Å². The Morgan fingerprint density at radius 1 is 1.13 bits per heavy atom. The van der Waals surface area contributed by atoms with Gasteiger partial charge < -0.3 is 9.55 Å². The summed E-state index contributed by atoms with van der Waals surface area (Å²) in [5.74, 6) is 0.125. The van der Waals surface area contributed by atoms with Crippen LogP contribution in [-0.2, 0) is 13.0 Å². The fourth-order valence-corrected chi connectivity index (χ4v) is 3.15. The van der Waals surface area contributed by atoms with Gasteiger partial charge in [-0.15, -0.1) is 0 Å². The minimum absolute atomic E-state index is 0.125. The molecule has 0 aliphatic rings. The number of Topliss-reactive ketones (excluding diaryl/α,β-unsaturated/α-hetero) is 1. The normalized spacial score (nSPS) is 11.3. The fourth-order valence-electron chi connectivity index (χ4n) is 3.15. The van der Waals surface area contributed by atoms with Gasteiger partial charge in [-0.2, -0.15) is 0 Å². The molecule has 0 radical (unpaired) electrons. The van der Waals surface area contributed by atoms with Crippen LogP contribution in [0.4, 0.5) is 0 Å². The van der Waals surface area contributed by atoms with Gasteiger partial charge in [0.1, 0.15) is 0 Å². The number of hydrogen-bond donors (Lipinski definition) is 1. The smallest absolute Gasteiger partial charge is 0.184 e. The van der Waals surface area contributed by atoms with E-state index in [1.165, 1.54) is 10.9 Å². The zero-order valence-electron chi connectivity index (χ0n) is 13.0. The first-order valence-electron chi connectivity index (χ1n) is 7.93. The van der Waals surface area contributed by atoms with E-state index >= 15 is 0 Å². The summed E-state index contributed by atoms with van der Waals surface area (Å²) in [6.07, 6.45) is 4.83. The van der Waals surface area contributed by atoms with E-state index in [1.54, 1.807) is 0 Å². The number of carbonyl (C=O) groups excluding carboxylic acids is 1. The number of carbonyl (C=O) groups is 1. The molecule has 3 heteroatoms. The van der Waals surface area contributed by atoms with Crippen LogP contribution in [0.2, 0.25) is 0 Å². The molecule has 0 amide bonds. The van der Waals surface area contributed by atoms with Crippen molar-refractivity contribution in [2.45, 2.75) is 19.9 Å². The summed E-state index contributed by atoms with van der Waals surface area (Å²) >= 11 is 0. The van der Waals surface area contributed by atoms with Crippen molar-refractivity contribution < 1.29 is 4.79 Å². The Bertz CT molecular complexity index is 1010.